The average molecular weight is 805 g/mol. The Labute approximate surface area is 273 Å². The minimum atomic E-state index is -8.63. The molecule has 0 heterocycles. The van der Waals surface area contributed by atoms with E-state index in [1.165, 1.54) is 13.8 Å². The fourth-order valence-electron chi connectivity index (χ4n) is 3.08. The van der Waals surface area contributed by atoms with E-state index < -0.39 is 87.8 Å². The number of hydrogen-bond acceptors (Lipinski definition) is 6. The van der Waals surface area contributed by atoms with Crippen LogP contribution in [0.15, 0.2) is 0 Å². The van der Waals surface area contributed by atoms with Crippen molar-refractivity contribution in [3.8, 4) is 0 Å². The van der Waals surface area contributed by atoms with E-state index in [1.54, 1.807) is 0 Å². The zero-order valence-electron chi connectivity index (χ0n) is 26.0. The largest absolute Gasteiger partial charge is 0.726 e. The Hall–Kier alpha value is -1.54. The molecule has 1 N–H and O–H groups in total. The van der Waals surface area contributed by atoms with Crippen molar-refractivity contribution in [2.45, 2.75) is 81.2 Å². The van der Waals surface area contributed by atoms with Gasteiger partial charge in [-0.3, -0.25) is 8.98 Å². The van der Waals surface area contributed by atoms with E-state index in [4.69, 9.17) is 0 Å². The highest BCUT2D eigenvalue weighted by Gasteiger charge is 2.95. The zero-order chi connectivity index (χ0) is 39.9. The highest BCUT2D eigenvalue weighted by Crippen LogP contribution is 2.64. The lowest BCUT2D eigenvalue weighted by atomic mass is 9.88. The van der Waals surface area contributed by atoms with Crippen molar-refractivity contribution < 1.29 is 101 Å². The average Bonchev–Trinajstić information content (AvgIpc) is 2.91. The van der Waals surface area contributed by atoms with Crippen LogP contribution in [0.2, 0.25) is 0 Å². The third-order valence-corrected chi connectivity index (χ3v) is 8.27. The van der Waals surface area contributed by atoms with Gasteiger partial charge in [-0.2, -0.15) is 86.4 Å². The van der Waals surface area contributed by atoms with Crippen molar-refractivity contribution in [3.05, 3.63) is 0 Å². The van der Waals surface area contributed by atoms with Crippen LogP contribution in [0.1, 0.15) is 33.6 Å². The second-order valence-electron chi connectivity index (χ2n) is 10.8. The maximum Gasteiger partial charge on any atom is 0.460 e. The fourth-order valence-corrected chi connectivity index (χ4v) is 4.45. The summed E-state index contributed by atoms with van der Waals surface area (Å²) in [6.07, 6.45) is -9.78. The van der Waals surface area contributed by atoms with Crippen LogP contribution < -0.4 is 5.32 Å². The summed E-state index contributed by atoms with van der Waals surface area (Å²) in [5.74, 6) is -59.7. The molecule has 0 radical (unpaired) electrons. The number of alkyl halides is 17. The number of hydrogen-bond donors (Lipinski definition) is 1. The van der Waals surface area contributed by atoms with Crippen molar-refractivity contribution in [2.24, 2.45) is 5.92 Å². The van der Waals surface area contributed by atoms with Crippen LogP contribution in [0, 0.1) is 5.92 Å². The van der Waals surface area contributed by atoms with Crippen molar-refractivity contribution in [3.63, 3.8) is 0 Å². The molecule has 1 atom stereocenters. The Morgan fingerprint density at radius 3 is 1.53 bits per heavy atom. The molecule has 49 heavy (non-hydrogen) atoms. The molecule has 0 rings (SSSR count). The summed E-state index contributed by atoms with van der Waals surface area (Å²) in [7, 11) is -0.609. The highest BCUT2D eigenvalue weighted by atomic mass is 32.3. The van der Waals surface area contributed by atoms with Crippen molar-refractivity contribution in [1.82, 2.24) is 5.32 Å². The summed E-state index contributed by atoms with van der Waals surface area (Å²) in [6.45, 7) is 6.09. The molecule has 0 aliphatic heterocycles. The summed E-state index contributed by atoms with van der Waals surface area (Å²) in [5, 5.41) is 2.47. The number of amides is 1. The number of nitrogens with zero attached hydrogens (tertiary/aromatic N) is 1. The van der Waals surface area contributed by atoms with Crippen LogP contribution in [-0.4, -0.2) is 123 Å². The van der Waals surface area contributed by atoms with Gasteiger partial charge in [-0.15, -0.1) is 0 Å². The van der Waals surface area contributed by atoms with Crippen molar-refractivity contribution >= 4 is 28.1 Å². The summed E-state index contributed by atoms with van der Waals surface area (Å²) in [5.41, 5.74) is 0. The van der Waals surface area contributed by atoms with E-state index in [1.807, 2.05) is 21.0 Å². The molecule has 7 nitrogen and oxygen atoms in total. The summed E-state index contributed by atoms with van der Waals surface area (Å²) >= 11 is 0.212. The van der Waals surface area contributed by atoms with Crippen LogP contribution in [-0.2, 0) is 19.4 Å². The van der Waals surface area contributed by atoms with Crippen LogP contribution >= 0.6 is 11.8 Å². The molecule has 0 aromatic rings. The van der Waals surface area contributed by atoms with Crippen LogP contribution in [0.4, 0.5) is 74.6 Å². The molecule has 0 bridgehead atoms. The van der Waals surface area contributed by atoms with Gasteiger partial charge in [0.15, 0.2) is 0 Å². The molecule has 0 aliphatic carbocycles. The van der Waals surface area contributed by atoms with Crippen LogP contribution in [0.3, 0.4) is 0 Å². The molecule has 0 aromatic carbocycles. The number of thioether (sulfide) groups is 1. The van der Waals surface area contributed by atoms with Gasteiger partial charge in [-0.25, -0.2) is 8.42 Å². The molecular weight excluding hydrogens is 771 g/mol. The van der Waals surface area contributed by atoms with Crippen LogP contribution in [0.25, 0.3) is 0 Å². The van der Waals surface area contributed by atoms with Gasteiger partial charge in [0.25, 0.3) is 0 Å². The lowest BCUT2D eigenvalue weighted by molar-refractivity contribution is -0.888. The second kappa shape index (κ2) is 16.9. The minimum absolute atomic E-state index is 0.0914. The first-order valence-corrected chi connectivity index (χ1v) is 15.9. The molecule has 1 amide bonds. The van der Waals surface area contributed by atoms with E-state index in [2.05, 4.69) is 9.50 Å². The quantitative estimate of drug-likeness (QED) is 0.0506. The third kappa shape index (κ3) is 11.7. The number of carbonyl (C=O) groups is 1. The standard InChI is InChI=1S/C21H27F17N2OS.C2H6O4S/c1-5-40(3,4)9-6-8-39-13(41)12(2)11-42-10-7-14(22,23)15(24,25)16(26,27)17(28,29)18(30,31)19(32,33)20(34,35)21(36,37)38;1-2-6-7(3,4)5/h12H,5-11H2,1-4H3;2H2,1H3,(H,3,4,5). The summed E-state index contributed by atoms with van der Waals surface area (Å²) in [4.78, 5) is 12.0. The van der Waals surface area contributed by atoms with Gasteiger partial charge < -0.3 is 14.4 Å². The highest BCUT2D eigenvalue weighted by molar-refractivity contribution is 7.99. The Balaban J connectivity index is 0. The molecule has 0 saturated heterocycles. The molecular formula is C23H33F17N2O5S2. The molecule has 0 aliphatic rings. The molecule has 0 saturated carbocycles. The van der Waals surface area contributed by atoms with Gasteiger partial charge in [0.1, 0.15) is 0 Å². The Morgan fingerprint density at radius 1 is 0.776 bits per heavy atom. The molecule has 0 spiro atoms. The minimum Gasteiger partial charge on any atom is -0.726 e. The molecule has 0 aromatic heterocycles. The van der Waals surface area contributed by atoms with E-state index in [9.17, 15) is 92.4 Å². The van der Waals surface area contributed by atoms with E-state index >= 15 is 0 Å². The lowest BCUT2D eigenvalue weighted by Gasteiger charge is -2.42. The summed E-state index contributed by atoms with van der Waals surface area (Å²) < 4.78 is 259. The van der Waals surface area contributed by atoms with Gasteiger partial charge in [0.2, 0.25) is 16.3 Å². The number of rotatable bonds is 19. The van der Waals surface area contributed by atoms with Crippen LogP contribution in [0.5, 0.6) is 0 Å². The fraction of sp³-hybridized carbons (Fsp3) is 0.957. The molecule has 1 unspecified atom stereocenters. The smallest absolute Gasteiger partial charge is 0.460 e. The Bertz CT molecular complexity index is 1170. The molecule has 0 fully saturated rings. The lowest BCUT2D eigenvalue weighted by Crippen LogP contribution is -2.74. The van der Waals surface area contributed by atoms with Gasteiger partial charge in [0.05, 0.1) is 33.8 Å². The Kier molecular flexibility index (Phi) is 17.1. The Morgan fingerprint density at radius 2 is 1.18 bits per heavy atom. The first kappa shape index (κ1) is 49.6. The van der Waals surface area contributed by atoms with Gasteiger partial charge >= 0.3 is 47.6 Å². The third-order valence-electron chi connectivity index (χ3n) is 6.52. The van der Waals surface area contributed by atoms with E-state index in [0.717, 1.165) is 6.54 Å². The maximum atomic E-state index is 13.9. The zero-order valence-corrected chi connectivity index (χ0v) is 27.6. The summed E-state index contributed by atoms with van der Waals surface area (Å²) in [6, 6.07) is 0. The maximum absolute atomic E-state index is 13.9. The molecule has 296 valence electrons. The predicted molar refractivity (Wildman–Crippen MR) is 138 cm³/mol. The predicted octanol–water partition coefficient (Wildman–Crippen LogP) is 6.84. The van der Waals surface area contributed by atoms with Crippen molar-refractivity contribution in [2.75, 3.05) is 51.8 Å². The SMILES string of the molecule is CCOS(=O)(=O)[O-].CC[N+](C)(C)CCCNC(=O)C(C)CSCCC(F)(F)C(F)(F)C(F)(F)C(F)(F)C(F)(F)C(F)(F)C(F)(F)C(F)(F)F. The second-order valence-corrected chi connectivity index (χ2v) is 13.0. The monoisotopic (exact) mass is 804 g/mol. The van der Waals surface area contributed by atoms with E-state index in [0.29, 0.717) is 17.4 Å². The van der Waals surface area contributed by atoms with Gasteiger partial charge in [-0.05, 0) is 19.6 Å². The number of nitrogens with one attached hydrogen (secondary N) is 1. The van der Waals surface area contributed by atoms with Gasteiger partial charge in [-0.1, -0.05) is 6.92 Å². The number of quaternary nitrogens is 1. The number of carbonyl (C=O) groups excluding carboxylic acids is 1. The van der Waals surface area contributed by atoms with Crippen molar-refractivity contribution in [1.29, 1.82) is 0 Å². The number of halogens is 17. The molecule has 26 heteroatoms. The first-order chi connectivity index (χ1) is 21.4. The topological polar surface area (TPSA) is 95.5 Å². The first-order valence-electron chi connectivity index (χ1n) is 13.4. The van der Waals surface area contributed by atoms with E-state index in [-0.39, 0.29) is 24.9 Å². The normalized spacial score (nSPS) is 15.4. The van der Waals surface area contributed by atoms with Gasteiger partial charge in [0, 0.05) is 31.1 Å².